The van der Waals surface area contributed by atoms with E-state index in [1.165, 1.54) is 6.07 Å². The predicted octanol–water partition coefficient (Wildman–Crippen LogP) is 2.03. The molecule has 1 aromatic rings. The molecule has 2 aliphatic rings. The highest BCUT2D eigenvalue weighted by Gasteiger charge is 2.32. The normalized spacial score (nSPS) is 26.9. The zero-order valence-electron chi connectivity index (χ0n) is 11.5. The first-order valence-corrected chi connectivity index (χ1v) is 6.93. The Kier molecular flexibility index (Phi) is 3.70. The monoisotopic (exact) mass is 275 g/mol. The highest BCUT2D eigenvalue weighted by molar-refractivity contribution is 5.56. The van der Waals surface area contributed by atoms with Crippen LogP contribution in [0.25, 0.3) is 4.85 Å². The minimum atomic E-state index is -0.447. The van der Waals surface area contributed by atoms with Crippen LogP contribution in [0.1, 0.15) is 17.2 Å². The van der Waals surface area contributed by atoms with Crippen molar-refractivity contribution in [3.05, 3.63) is 40.5 Å². The molecule has 0 unspecified atom stereocenters. The molecule has 0 radical (unpaired) electrons. The topological polar surface area (TPSA) is 28.9 Å². The second-order valence-electron chi connectivity index (χ2n) is 5.40. The van der Waals surface area contributed by atoms with Gasteiger partial charge in [0.25, 0.3) is 0 Å². The lowest BCUT2D eigenvalue weighted by Crippen LogP contribution is -2.57. The summed E-state index contributed by atoms with van der Waals surface area (Å²) in [6.45, 7) is 13.4. The van der Waals surface area contributed by atoms with Crippen molar-refractivity contribution >= 4 is 5.69 Å². The molecule has 5 heteroatoms. The number of nitrogens with one attached hydrogen (secondary N) is 1. The fourth-order valence-electron chi connectivity index (χ4n) is 3.06. The van der Waals surface area contributed by atoms with Gasteiger partial charge in [0, 0.05) is 32.2 Å². The van der Waals surface area contributed by atoms with E-state index in [0.717, 1.165) is 31.7 Å². The standard InChI is InChI=1S/C15H18FN3O/c1-10-12(3-4-13(16)15(10)17-2)14-8-19-6-5-18-7-11(19)9-20-14/h3-4,11,14,18H,5-9H2,1H3/t11-,14-/m1/s1. The highest BCUT2D eigenvalue weighted by atomic mass is 19.1. The first-order chi connectivity index (χ1) is 9.70. The van der Waals surface area contributed by atoms with Crippen LogP contribution < -0.4 is 5.32 Å². The predicted molar refractivity (Wildman–Crippen MR) is 74.3 cm³/mol. The summed E-state index contributed by atoms with van der Waals surface area (Å²) >= 11 is 0. The van der Waals surface area contributed by atoms with Crippen molar-refractivity contribution in [2.75, 3.05) is 32.8 Å². The lowest BCUT2D eigenvalue weighted by atomic mass is 9.98. The van der Waals surface area contributed by atoms with Gasteiger partial charge in [0.2, 0.25) is 5.69 Å². The second-order valence-corrected chi connectivity index (χ2v) is 5.40. The molecule has 0 saturated carbocycles. The number of ether oxygens (including phenoxy) is 1. The van der Waals surface area contributed by atoms with Gasteiger partial charge in [-0.3, -0.25) is 4.90 Å². The summed E-state index contributed by atoms with van der Waals surface area (Å²) < 4.78 is 19.5. The van der Waals surface area contributed by atoms with Crippen LogP contribution >= 0.6 is 0 Å². The molecule has 0 bridgehead atoms. The molecule has 4 nitrogen and oxygen atoms in total. The van der Waals surface area contributed by atoms with Gasteiger partial charge in [-0.2, -0.15) is 0 Å². The average molecular weight is 275 g/mol. The molecule has 3 rings (SSSR count). The summed E-state index contributed by atoms with van der Waals surface area (Å²) in [5.41, 5.74) is 1.77. The number of rotatable bonds is 1. The number of benzene rings is 1. The van der Waals surface area contributed by atoms with E-state index in [0.29, 0.717) is 18.2 Å². The summed E-state index contributed by atoms with van der Waals surface area (Å²) in [6, 6.07) is 3.57. The van der Waals surface area contributed by atoms with Gasteiger partial charge >= 0.3 is 0 Å². The first-order valence-electron chi connectivity index (χ1n) is 6.93. The molecule has 2 heterocycles. The Morgan fingerprint density at radius 3 is 3.15 bits per heavy atom. The SMILES string of the molecule is [C-]#[N+]c1c(F)ccc([C@H]2CN3CCNC[C@@H]3CO2)c1C. The molecule has 20 heavy (non-hydrogen) atoms. The molecule has 2 atom stereocenters. The van der Waals surface area contributed by atoms with Gasteiger partial charge in [0.15, 0.2) is 0 Å². The zero-order valence-corrected chi connectivity index (χ0v) is 11.5. The van der Waals surface area contributed by atoms with Gasteiger partial charge in [-0.1, -0.05) is 6.07 Å². The number of morpholine rings is 1. The van der Waals surface area contributed by atoms with Crippen LogP contribution in [0.4, 0.5) is 10.1 Å². The smallest absolute Gasteiger partial charge is 0.225 e. The summed E-state index contributed by atoms with van der Waals surface area (Å²) in [4.78, 5) is 5.72. The van der Waals surface area contributed by atoms with E-state index in [9.17, 15) is 4.39 Å². The Morgan fingerprint density at radius 1 is 1.50 bits per heavy atom. The van der Waals surface area contributed by atoms with Crippen LogP contribution in [0.3, 0.4) is 0 Å². The summed E-state index contributed by atoms with van der Waals surface area (Å²) in [6.07, 6.45) is -0.0644. The maximum absolute atomic E-state index is 13.6. The third-order valence-corrected chi connectivity index (χ3v) is 4.24. The molecule has 2 saturated heterocycles. The van der Waals surface area contributed by atoms with Crippen LogP contribution in [0, 0.1) is 19.3 Å². The number of hydrogen-bond acceptors (Lipinski definition) is 3. The molecule has 2 fully saturated rings. The van der Waals surface area contributed by atoms with E-state index in [1.807, 2.05) is 0 Å². The van der Waals surface area contributed by atoms with Gasteiger partial charge in [0.05, 0.1) is 19.3 Å². The Labute approximate surface area is 118 Å². The molecule has 1 aromatic carbocycles. The number of nitrogens with zero attached hydrogens (tertiary/aromatic N) is 2. The van der Waals surface area contributed by atoms with E-state index >= 15 is 0 Å². The van der Waals surface area contributed by atoms with Gasteiger partial charge in [0.1, 0.15) is 5.82 Å². The van der Waals surface area contributed by atoms with E-state index < -0.39 is 5.82 Å². The zero-order chi connectivity index (χ0) is 14.1. The maximum Gasteiger partial charge on any atom is 0.225 e. The first kappa shape index (κ1) is 13.5. The molecular weight excluding hydrogens is 257 g/mol. The fraction of sp³-hybridized carbons (Fsp3) is 0.533. The largest absolute Gasteiger partial charge is 0.371 e. The fourth-order valence-corrected chi connectivity index (χ4v) is 3.06. The molecule has 0 spiro atoms. The summed E-state index contributed by atoms with van der Waals surface area (Å²) in [5.74, 6) is -0.447. The third-order valence-electron chi connectivity index (χ3n) is 4.24. The van der Waals surface area contributed by atoms with Crippen LogP contribution in [0.15, 0.2) is 12.1 Å². The Balaban J connectivity index is 1.85. The third kappa shape index (κ3) is 2.31. The Hall–Kier alpha value is -1.48. The lowest BCUT2D eigenvalue weighted by Gasteiger charge is -2.43. The summed E-state index contributed by atoms with van der Waals surface area (Å²) in [7, 11) is 0. The molecule has 0 amide bonds. The van der Waals surface area contributed by atoms with Crippen molar-refractivity contribution in [3.8, 4) is 0 Å². The van der Waals surface area contributed by atoms with Gasteiger partial charge in [-0.25, -0.2) is 9.24 Å². The van der Waals surface area contributed by atoms with Crippen molar-refractivity contribution in [3.63, 3.8) is 0 Å². The van der Waals surface area contributed by atoms with E-state index in [1.54, 1.807) is 13.0 Å². The molecule has 0 aliphatic carbocycles. The van der Waals surface area contributed by atoms with Crippen LogP contribution in [-0.2, 0) is 4.74 Å². The number of hydrogen-bond donors (Lipinski definition) is 1. The number of halogens is 1. The quantitative estimate of drug-likeness (QED) is 0.795. The molecule has 0 aromatic heterocycles. The molecular formula is C15H18FN3O. The Bertz CT molecular complexity index is 555. The van der Waals surface area contributed by atoms with Crippen molar-refractivity contribution in [2.24, 2.45) is 0 Å². The molecule has 1 N–H and O–H groups in total. The Morgan fingerprint density at radius 2 is 2.35 bits per heavy atom. The number of piperazine rings is 1. The second kappa shape index (κ2) is 5.49. The van der Waals surface area contributed by atoms with Crippen molar-refractivity contribution in [1.29, 1.82) is 0 Å². The molecule has 106 valence electrons. The van der Waals surface area contributed by atoms with Crippen LogP contribution in [0.2, 0.25) is 0 Å². The van der Waals surface area contributed by atoms with Gasteiger partial charge in [-0.15, -0.1) is 0 Å². The van der Waals surface area contributed by atoms with Crippen LogP contribution in [-0.4, -0.2) is 43.7 Å². The van der Waals surface area contributed by atoms with Crippen molar-refractivity contribution in [1.82, 2.24) is 10.2 Å². The molecule has 2 aliphatic heterocycles. The van der Waals surface area contributed by atoms with Gasteiger partial charge < -0.3 is 10.1 Å². The van der Waals surface area contributed by atoms with E-state index in [-0.39, 0.29) is 11.8 Å². The van der Waals surface area contributed by atoms with Crippen molar-refractivity contribution in [2.45, 2.75) is 19.1 Å². The van der Waals surface area contributed by atoms with E-state index in [2.05, 4.69) is 15.1 Å². The highest BCUT2D eigenvalue weighted by Crippen LogP contribution is 2.33. The number of fused-ring (bicyclic) bond motifs is 1. The minimum Gasteiger partial charge on any atom is -0.371 e. The summed E-state index contributed by atoms with van der Waals surface area (Å²) in [5, 5.41) is 3.36. The van der Waals surface area contributed by atoms with E-state index in [4.69, 9.17) is 11.3 Å². The van der Waals surface area contributed by atoms with Crippen LogP contribution in [0.5, 0.6) is 0 Å². The van der Waals surface area contributed by atoms with Gasteiger partial charge in [-0.05, 0) is 24.1 Å². The minimum absolute atomic E-state index is 0.0644. The lowest BCUT2D eigenvalue weighted by molar-refractivity contribution is -0.0719. The maximum atomic E-state index is 13.6. The average Bonchev–Trinajstić information content (AvgIpc) is 2.47. The van der Waals surface area contributed by atoms with Crippen molar-refractivity contribution < 1.29 is 9.13 Å².